The first-order chi connectivity index (χ1) is 8.69. The normalized spacial score (nSPS) is 11.1. The lowest BCUT2D eigenvalue weighted by Crippen LogP contribution is -2.22. The Kier molecular flexibility index (Phi) is 4.80. The molecule has 0 amide bonds. The monoisotopic (exact) mass is 324 g/mol. The number of benzene rings is 1. The Morgan fingerprint density at radius 3 is 2.56 bits per heavy atom. The van der Waals surface area contributed by atoms with Gasteiger partial charge in [0.05, 0.1) is 3.79 Å². The van der Waals surface area contributed by atoms with Crippen molar-refractivity contribution in [2.75, 3.05) is 12.3 Å². The summed E-state index contributed by atoms with van der Waals surface area (Å²) >= 11 is 5.29. The van der Waals surface area contributed by atoms with E-state index in [4.69, 9.17) is 5.73 Å². The molecule has 4 heteroatoms. The number of rotatable bonds is 5. The van der Waals surface area contributed by atoms with Gasteiger partial charge in [-0.2, -0.15) is 0 Å². The predicted octanol–water partition coefficient (Wildman–Crippen LogP) is 4.11. The van der Waals surface area contributed by atoms with Gasteiger partial charge in [-0.3, -0.25) is 4.90 Å². The molecule has 1 aromatic heterocycles. The molecule has 0 atom stereocenters. The minimum Gasteiger partial charge on any atom is -0.398 e. The number of para-hydroxylation sites is 1. The fraction of sp³-hybridized carbons (Fsp3) is 0.286. The molecule has 0 aliphatic rings. The molecule has 0 aliphatic carbocycles. The Bertz CT molecular complexity index is 510. The van der Waals surface area contributed by atoms with E-state index < -0.39 is 0 Å². The molecule has 0 saturated carbocycles. The molecule has 1 heterocycles. The van der Waals surface area contributed by atoms with Gasteiger partial charge in [0.25, 0.3) is 0 Å². The Hall–Kier alpha value is -0.840. The van der Waals surface area contributed by atoms with Crippen molar-refractivity contribution in [3.05, 3.63) is 50.6 Å². The van der Waals surface area contributed by atoms with Crippen LogP contribution in [0.2, 0.25) is 0 Å². The largest absolute Gasteiger partial charge is 0.398 e. The molecular weight excluding hydrogens is 308 g/mol. The van der Waals surface area contributed by atoms with Crippen LogP contribution in [0.5, 0.6) is 0 Å². The quantitative estimate of drug-likeness (QED) is 0.838. The maximum absolute atomic E-state index is 5.99. The van der Waals surface area contributed by atoms with Gasteiger partial charge in [0.15, 0.2) is 0 Å². The Morgan fingerprint density at radius 1 is 1.17 bits per heavy atom. The van der Waals surface area contributed by atoms with E-state index in [1.165, 1.54) is 14.2 Å². The number of halogens is 1. The molecule has 0 saturated heterocycles. The average molecular weight is 325 g/mol. The van der Waals surface area contributed by atoms with E-state index in [1.54, 1.807) is 11.3 Å². The second-order valence-corrected chi connectivity index (χ2v) is 6.76. The van der Waals surface area contributed by atoms with Crippen LogP contribution in [0, 0.1) is 0 Å². The maximum atomic E-state index is 5.99. The van der Waals surface area contributed by atoms with Gasteiger partial charge in [0.2, 0.25) is 0 Å². The number of thiophene rings is 1. The zero-order chi connectivity index (χ0) is 13.0. The third-order valence-corrected chi connectivity index (χ3v) is 4.51. The fourth-order valence-corrected chi connectivity index (χ4v) is 3.38. The molecule has 0 unspecified atom stereocenters. The van der Waals surface area contributed by atoms with E-state index in [2.05, 4.69) is 46.0 Å². The predicted molar refractivity (Wildman–Crippen MR) is 82.7 cm³/mol. The Morgan fingerprint density at radius 2 is 1.94 bits per heavy atom. The van der Waals surface area contributed by atoms with Crippen molar-refractivity contribution in [3.8, 4) is 0 Å². The van der Waals surface area contributed by atoms with Crippen LogP contribution >= 0.6 is 27.3 Å². The number of nitrogen functional groups attached to an aromatic ring is 1. The van der Waals surface area contributed by atoms with Crippen molar-refractivity contribution < 1.29 is 0 Å². The van der Waals surface area contributed by atoms with Crippen molar-refractivity contribution in [1.82, 2.24) is 4.90 Å². The highest BCUT2D eigenvalue weighted by atomic mass is 79.9. The minimum absolute atomic E-state index is 0.878. The van der Waals surface area contributed by atoms with E-state index in [0.29, 0.717) is 0 Å². The molecule has 0 fully saturated rings. The highest BCUT2D eigenvalue weighted by Crippen LogP contribution is 2.24. The summed E-state index contributed by atoms with van der Waals surface area (Å²) in [5.41, 5.74) is 8.07. The Labute approximate surface area is 121 Å². The lowest BCUT2D eigenvalue weighted by atomic mass is 10.1. The Balaban J connectivity index is 2.04. The first-order valence-corrected chi connectivity index (χ1v) is 7.60. The van der Waals surface area contributed by atoms with Crippen LogP contribution < -0.4 is 5.73 Å². The van der Waals surface area contributed by atoms with Gasteiger partial charge in [-0.15, -0.1) is 11.3 Å². The molecule has 2 aromatic rings. The van der Waals surface area contributed by atoms with E-state index in [1.807, 2.05) is 18.2 Å². The summed E-state index contributed by atoms with van der Waals surface area (Å²) in [7, 11) is 0. The van der Waals surface area contributed by atoms with E-state index in [-0.39, 0.29) is 0 Å². The number of hydrogen-bond acceptors (Lipinski definition) is 3. The first-order valence-electron chi connectivity index (χ1n) is 5.99. The summed E-state index contributed by atoms with van der Waals surface area (Å²) in [5.74, 6) is 0. The zero-order valence-corrected chi connectivity index (χ0v) is 12.8. The third kappa shape index (κ3) is 3.57. The molecule has 0 radical (unpaired) electrons. The van der Waals surface area contributed by atoms with Crippen LogP contribution in [-0.4, -0.2) is 11.4 Å². The van der Waals surface area contributed by atoms with Gasteiger partial charge in [0.1, 0.15) is 0 Å². The number of nitrogens with two attached hydrogens (primary N) is 1. The van der Waals surface area contributed by atoms with Crippen LogP contribution in [0.3, 0.4) is 0 Å². The van der Waals surface area contributed by atoms with Gasteiger partial charge in [-0.1, -0.05) is 25.1 Å². The summed E-state index contributed by atoms with van der Waals surface area (Å²) in [4.78, 5) is 3.77. The number of nitrogens with zero attached hydrogens (tertiary/aromatic N) is 1. The summed E-state index contributed by atoms with van der Waals surface area (Å²) in [5, 5.41) is 0. The molecule has 2 rings (SSSR count). The fourth-order valence-electron chi connectivity index (χ4n) is 1.86. The van der Waals surface area contributed by atoms with Gasteiger partial charge in [-0.05, 0) is 46.2 Å². The van der Waals surface area contributed by atoms with Crippen LogP contribution in [0.1, 0.15) is 17.4 Å². The van der Waals surface area contributed by atoms with Crippen molar-refractivity contribution in [1.29, 1.82) is 0 Å². The van der Waals surface area contributed by atoms with Gasteiger partial charge < -0.3 is 5.73 Å². The topological polar surface area (TPSA) is 29.3 Å². The SMILES string of the molecule is CCN(Cc1ccc(Br)s1)Cc1ccccc1N. The van der Waals surface area contributed by atoms with Crippen LogP contribution in [0.4, 0.5) is 5.69 Å². The highest BCUT2D eigenvalue weighted by Gasteiger charge is 2.08. The molecule has 0 spiro atoms. The highest BCUT2D eigenvalue weighted by molar-refractivity contribution is 9.11. The summed E-state index contributed by atoms with van der Waals surface area (Å²) in [6, 6.07) is 12.4. The second kappa shape index (κ2) is 6.36. The number of hydrogen-bond donors (Lipinski definition) is 1. The van der Waals surface area contributed by atoms with Gasteiger partial charge in [0, 0.05) is 23.7 Å². The van der Waals surface area contributed by atoms with E-state index in [9.17, 15) is 0 Å². The van der Waals surface area contributed by atoms with Crippen molar-refractivity contribution in [3.63, 3.8) is 0 Å². The maximum Gasteiger partial charge on any atom is 0.0701 e. The van der Waals surface area contributed by atoms with Crippen molar-refractivity contribution in [2.45, 2.75) is 20.0 Å². The summed E-state index contributed by atoms with van der Waals surface area (Å²) in [6.45, 7) is 5.07. The molecule has 0 bridgehead atoms. The lowest BCUT2D eigenvalue weighted by molar-refractivity contribution is 0.274. The van der Waals surface area contributed by atoms with E-state index in [0.717, 1.165) is 25.3 Å². The molecule has 1 aromatic carbocycles. The van der Waals surface area contributed by atoms with Crippen LogP contribution in [0.25, 0.3) is 0 Å². The molecule has 2 N–H and O–H groups in total. The molecule has 2 nitrogen and oxygen atoms in total. The molecule has 0 aliphatic heterocycles. The average Bonchev–Trinajstić information content (AvgIpc) is 2.76. The lowest BCUT2D eigenvalue weighted by Gasteiger charge is -2.20. The zero-order valence-electron chi connectivity index (χ0n) is 10.4. The number of anilines is 1. The first kappa shape index (κ1) is 13.6. The third-order valence-electron chi connectivity index (χ3n) is 2.90. The molecular formula is C14H17BrN2S. The van der Waals surface area contributed by atoms with Crippen molar-refractivity contribution in [2.24, 2.45) is 0 Å². The van der Waals surface area contributed by atoms with Crippen LogP contribution in [-0.2, 0) is 13.1 Å². The standard InChI is InChI=1S/C14H17BrN2S/c1-2-17(10-12-7-8-14(15)18-12)9-11-5-3-4-6-13(11)16/h3-8H,2,9-10,16H2,1H3. The smallest absolute Gasteiger partial charge is 0.0701 e. The van der Waals surface area contributed by atoms with Crippen molar-refractivity contribution >= 4 is 33.0 Å². The van der Waals surface area contributed by atoms with Gasteiger partial charge in [-0.25, -0.2) is 0 Å². The summed E-state index contributed by atoms with van der Waals surface area (Å²) < 4.78 is 1.19. The van der Waals surface area contributed by atoms with Crippen LogP contribution in [0.15, 0.2) is 40.2 Å². The minimum atomic E-state index is 0.878. The summed E-state index contributed by atoms with van der Waals surface area (Å²) in [6.07, 6.45) is 0. The van der Waals surface area contributed by atoms with Gasteiger partial charge >= 0.3 is 0 Å². The second-order valence-electron chi connectivity index (χ2n) is 4.21. The van der Waals surface area contributed by atoms with E-state index >= 15 is 0 Å². The molecule has 96 valence electrons. The molecule has 18 heavy (non-hydrogen) atoms.